The van der Waals surface area contributed by atoms with Crippen LogP contribution >= 0.6 is 0 Å². The zero-order valence-corrected chi connectivity index (χ0v) is 12.0. The molecule has 0 saturated heterocycles. The average molecular weight is 284 g/mol. The van der Waals surface area contributed by atoms with Crippen molar-refractivity contribution in [2.45, 2.75) is 52.0 Å². The number of unbranched alkanes of at least 4 members (excludes halogenated alkanes) is 1. The van der Waals surface area contributed by atoms with E-state index in [0.29, 0.717) is 6.07 Å². The SMILES string of the molecule is CCCCC(CCC)NC(=O)c1cc(N)c(F)cc1F. The highest BCUT2D eigenvalue weighted by atomic mass is 19.1. The Labute approximate surface area is 118 Å². The lowest BCUT2D eigenvalue weighted by Crippen LogP contribution is -2.35. The smallest absolute Gasteiger partial charge is 0.254 e. The van der Waals surface area contributed by atoms with Gasteiger partial charge in [-0.25, -0.2) is 8.78 Å². The van der Waals surface area contributed by atoms with E-state index < -0.39 is 17.5 Å². The van der Waals surface area contributed by atoms with Gasteiger partial charge in [0.25, 0.3) is 5.91 Å². The van der Waals surface area contributed by atoms with Crippen LogP contribution in [0.2, 0.25) is 0 Å². The van der Waals surface area contributed by atoms with Gasteiger partial charge in [0.2, 0.25) is 0 Å². The van der Waals surface area contributed by atoms with Crippen LogP contribution in [-0.2, 0) is 0 Å². The van der Waals surface area contributed by atoms with Crippen molar-refractivity contribution in [3.8, 4) is 0 Å². The number of rotatable bonds is 7. The fraction of sp³-hybridized carbons (Fsp3) is 0.533. The van der Waals surface area contributed by atoms with Gasteiger partial charge in [-0.15, -0.1) is 0 Å². The molecule has 0 fully saturated rings. The van der Waals surface area contributed by atoms with Crippen LogP contribution in [0.5, 0.6) is 0 Å². The quantitative estimate of drug-likeness (QED) is 0.751. The van der Waals surface area contributed by atoms with E-state index in [-0.39, 0.29) is 17.3 Å². The Morgan fingerprint density at radius 2 is 1.90 bits per heavy atom. The fourth-order valence-electron chi connectivity index (χ4n) is 2.09. The molecule has 1 amide bonds. The minimum atomic E-state index is -0.889. The summed E-state index contributed by atoms with van der Waals surface area (Å²) in [4.78, 5) is 12.0. The second-order valence-corrected chi connectivity index (χ2v) is 4.95. The van der Waals surface area contributed by atoms with E-state index in [9.17, 15) is 13.6 Å². The Balaban J connectivity index is 2.80. The summed E-state index contributed by atoms with van der Waals surface area (Å²) < 4.78 is 26.7. The van der Waals surface area contributed by atoms with Gasteiger partial charge in [-0.2, -0.15) is 0 Å². The zero-order valence-electron chi connectivity index (χ0n) is 12.0. The van der Waals surface area contributed by atoms with Crippen LogP contribution in [0.15, 0.2) is 12.1 Å². The first kappa shape index (κ1) is 16.4. The van der Waals surface area contributed by atoms with Crippen LogP contribution in [0.25, 0.3) is 0 Å². The minimum absolute atomic E-state index is 0.0122. The number of halogens is 2. The normalized spacial score (nSPS) is 12.2. The monoisotopic (exact) mass is 284 g/mol. The van der Waals surface area contributed by atoms with E-state index in [1.54, 1.807) is 0 Å². The second kappa shape index (κ2) is 7.82. The first-order chi connectivity index (χ1) is 9.49. The number of carbonyl (C=O) groups is 1. The molecule has 0 aliphatic heterocycles. The average Bonchev–Trinajstić information content (AvgIpc) is 2.40. The number of hydrogen-bond donors (Lipinski definition) is 2. The van der Waals surface area contributed by atoms with Crippen LogP contribution in [0.1, 0.15) is 56.3 Å². The summed E-state index contributed by atoms with van der Waals surface area (Å²) >= 11 is 0. The lowest BCUT2D eigenvalue weighted by molar-refractivity contribution is 0.0928. The molecule has 0 spiro atoms. The molecular weight excluding hydrogens is 262 g/mol. The molecule has 0 aromatic heterocycles. The van der Waals surface area contributed by atoms with E-state index in [1.807, 2.05) is 6.92 Å². The molecule has 0 aliphatic rings. The van der Waals surface area contributed by atoms with Crippen molar-refractivity contribution in [1.29, 1.82) is 0 Å². The van der Waals surface area contributed by atoms with Gasteiger partial charge >= 0.3 is 0 Å². The number of carbonyl (C=O) groups excluding carboxylic acids is 1. The van der Waals surface area contributed by atoms with Crippen LogP contribution in [0, 0.1) is 11.6 Å². The summed E-state index contributed by atoms with van der Waals surface area (Å²) in [6.07, 6.45) is 4.66. The molecule has 0 heterocycles. The van der Waals surface area contributed by atoms with Crippen molar-refractivity contribution in [2.24, 2.45) is 0 Å². The standard InChI is InChI=1S/C15H22F2N2O/c1-3-5-7-10(6-4-2)19-15(20)11-8-14(18)13(17)9-12(11)16/h8-10H,3-7,18H2,1-2H3,(H,19,20). The number of hydrogen-bond acceptors (Lipinski definition) is 2. The number of nitrogens with two attached hydrogens (primary N) is 1. The van der Waals surface area contributed by atoms with E-state index in [4.69, 9.17) is 5.73 Å². The van der Waals surface area contributed by atoms with Gasteiger partial charge in [0, 0.05) is 12.1 Å². The topological polar surface area (TPSA) is 55.1 Å². The van der Waals surface area contributed by atoms with Gasteiger partial charge in [0.05, 0.1) is 11.3 Å². The van der Waals surface area contributed by atoms with Crippen LogP contribution in [0.3, 0.4) is 0 Å². The van der Waals surface area contributed by atoms with Crippen LogP contribution < -0.4 is 11.1 Å². The third-order valence-corrected chi connectivity index (χ3v) is 3.21. The number of benzene rings is 1. The van der Waals surface area contributed by atoms with E-state index in [0.717, 1.165) is 38.2 Å². The first-order valence-electron chi connectivity index (χ1n) is 7.04. The van der Waals surface area contributed by atoms with Crippen molar-refractivity contribution < 1.29 is 13.6 Å². The molecule has 112 valence electrons. The summed E-state index contributed by atoms with van der Waals surface area (Å²) in [6, 6.07) is 1.70. The van der Waals surface area contributed by atoms with E-state index >= 15 is 0 Å². The Morgan fingerprint density at radius 3 is 2.50 bits per heavy atom. The third-order valence-electron chi connectivity index (χ3n) is 3.21. The number of nitrogen functional groups attached to an aromatic ring is 1. The maximum atomic E-state index is 13.6. The molecule has 0 saturated carbocycles. The van der Waals surface area contributed by atoms with Gasteiger partial charge in [-0.1, -0.05) is 33.1 Å². The van der Waals surface area contributed by atoms with E-state index in [2.05, 4.69) is 12.2 Å². The lowest BCUT2D eigenvalue weighted by Gasteiger charge is -2.18. The molecule has 5 heteroatoms. The van der Waals surface area contributed by atoms with E-state index in [1.165, 1.54) is 0 Å². The molecule has 0 radical (unpaired) electrons. The summed E-state index contributed by atoms with van der Waals surface area (Å²) in [7, 11) is 0. The van der Waals surface area contributed by atoms with Crippen molar-refractivity contribution in [3.63, 3.8) is 0 Å². The highest BCUT2D eigenvalue weighted by Crippen LogP contribution is 2.17. The third kappa shape index (κ3) is 4.47. The van der Waals surface area contributed by atoms with Gasteiger partial charge < -0.3 is 11.1 Å². The first-order valence-corrected chi connectivity index (χ1v) is 7.04. The maximum Gasteiger partial charge on any atom is 0.254 e. The molecule has 3 N–H and O–H groups in total. The van der Waals surface area contributed by atoms with Gasteiger partial charge in [-0.05, 0) is 18.9 Å². The fourth-order valence-corrected chi connectivity index (χ4v) is 2.09. The minimum Gasteiger partial charge on any atom is -0.396 e. The van der Waals surface area contributed by atoms with Crippen molar-refractivity contribution in [3.05, 3.63) is 29.3 Å². The highest BCUT2D eigenvalue weighted by molar-refractivity contribution is 5.95. The molecular formula is C15H22F2N2O. The summed E-state index contributed by atoms with van der Waals surface area (Å²) in [5.74, 6) is -2.28. The molecule has 20 heavy (non-hydrogen) atoms. The van der Waals surface area contributed by atoms with Gasteiger partial charge in [-0.3, -0.25) is 4.79 Å². The summed E-state index contributed by atoms with van der Waals surface area (Å²) in [5, 5.41) is 2.80. The predicted molar refractivity (Wildman–Crippen MR) is 76.5 cm³/mol. The largest absolute Gasteiger partial charge is 0.396 e. The maximum absolute atomic E-state index is 13.6. The van der Waals surface area contributed by atoms with Crippen LogP contribution in [0.4, 0.5) is 14.5 Å². The highest BCUT2D eigenvalue weighted by Gasteiger charge is 2.18. The van der Waals surface area contributed by atoms with Gasteiger partial charge in [0.15, 0.2) is 0 Å². The molecule has 1 aromatic carbocycles. The van der Waals surface area contributed by atoms with Crippen molar-refractivity contribution in [1.82, 2.24) is 5.32 Å². The predicted octanol–water partition coefficient (Wildman–Crippen LogP) is 3.64. The zero-order chi connectivity index (χ0) is 15.1. The molecule has 1 unspecified atom stereocenters. The molecule has 1 rings (SSSR count). The lowest BCUT2D eigenvalue weighted by atomic mass is 10.0. The molecule has 3 nitrogen and oxygen atoms in total. The molecule has 0 aliphatic carbocycles. The second-order valence-electron chi connectivity index (χ2n) is 4.95. The Bertz CT molecular complexity index is 463. The van der Waals surface area contributed by atoms with Crippen molar-refractivity contribution >= 4 is 11.6 Å². The molecule has 1 atom stereocenters. The van der Waals surface area contributed by atoms with Crippen LogP contribution in [-0.4, -0.2) is 11.9 Å². The summed E-state index contributed by atoms with van der Waals surface area (Å²) in [6.45, 7) is 4.10. The van der Waals surface area contributed by atoms with Gasteiger partial charge in [0.1, 0.15) is 11.6 Å². The summed E-state index contributed by atoms with van der Waals surface area (Å²) in [5.41, 5.74) is 4.94. The molecule has 1 aromatic rings. The molecule has 0 bridgehead atoms. The number of anilines is 1. The number of amides is 1. The van der Waals surface area contributed by atoms with Crippen molar-refractivity contribution in [2.75, 3.05) is 5.73 Å². The number of nitrogens with one attached hydrogen (secondary N) is 1. The Hall–Kier alpha value is -1.65. The Morgan fingerprint density at radius 1 is 1.20 bits per heavy atom. The Kier molecular flexibility index (Phi) is 6.42.